The van der Waals surface area contributed by atoms with Crippen molar-refractivity contribution in [3.05, 3.63) is 27.1 Å². The van der Waals surface area contributed by atoms with E-state index in [9.17, 15) is 14.9 Å². The maximum atomic E-state index is 11.7. The summed E-state index contributed by atoms with van der Waals surface area (Å²) in [7, 11) is 3.00. The molecule has 0 saturated heterocycles. The molecule has 7 heteroatoms. The van der Waals surface area contributed by atoms with Crippen molar-refractivity contribution in [3.63, 3.8) is 0 Å². The molecule has 0 spiro atoms. The first-order chi connectivity index (χ1) is 8.04. The third-order valence-corrected chi connectivity index (χ3v) is 4.02. The number of carbonyl (C=O) groups is 1. The van der Waals surface area contributed by atoms with E-state index in [1.165, 1.54) is 18.2 Å². The first-order valence-electron chi connectivity index (χ1n) is 5.10. The molecule has 0 aromatic carbocycles. The smallest absolute Gasteiger partial charge is 0.275 e. The van der Waals surface area contributed by atoms with Crippen LogP contribution in [0.2, 0.25) is 0 Å². The topological polar surface area (TPSA) is 72.7 Å². The van der Waals surface area contributed by atoms with Gasteiger partial charge < -0.3 is 0 Å². The quantitative estimate of drug-likeness (QED) is 0.608. The molecule has 1 aromatic rings. The van der Waals surface area contributed by atoms with Crippen molar-refractivity contribution in [1.82, 2.24) is 5.06 Å². The second-order valence-corrected chi connectivity index (χ2v) is 4.99. The first kappa shape index (κ1) is 12.0. The van der Waals surface area contributed by atoms with Gasteiger partial charge in [-0.2, -0.15) is 0 Å². The molecular weight excluding hydrogens is 244 g/mol. The van der Waals surface area contributed by atoms with Gasteiger partial charge in [0.2, 0.25) is 5.91 Å². The summed E-state index contributed by atoms with van der Waals surface area (Å²) >= 11 is 1.14. The number of nitrogens with zero attached hydrogens (tertiary/aromatic N) is 2. The van der Waals surface area contributed by atoms with Crippen LogP contribution in [0.25, 0.3) is 0 Å². The standard InChI is InChI=1S/C10H12N2O4S/c1-11(16-2)10(13)7-5-6(7)8-3-4-9(17-8)12(14)15/h3-4,6-7H,5H2,1-2H3. The lowest BCUT2D eigenvalue weighted by Gasteiger charge is -2.12. The van der Waals surface area contributed by atoms with Crippen molar-refractivity contribution in [3.8, 4) is 0 Å². The molecule has 92 valence electrons. The third kappa shape index (κ3) is 2.29. The van der Waals surface area contributed by atoms with Gasteiger partial charge in [0.25, 0.3) is 0 Å². The van der Waals surface area contributed by atoms with Crippen LogP contribution in [0.3, 0.4) is 0 Å². The Labute approximate surface area is 102 Å². The molecule has 1 aliphatic rings. The van der Waals surface area contributed by atoms with Crippen LogP contribution < -0.4 is 0 Å². The molecule has 2 unspecified atom stereocenters. The molecule has 0 radical (unpaired) electrons. The van der Waals surface area contributed by atoms with Crippen molar-refractivity contribution in [1.29, 1.82) is 0 Å². The van der Waals surface area contributed by atoms with E-state index in [2.05, 4.69) is 0 Å². The Kier molecular flexibility index (Phi) is 3.12. The van der Waals surface area contributed by atoms with Gasteiger partial charge in [-0.3, -0.25) is 19.7 Å². The summed E-state index contributed by atoms with van der Waals surface area (Å²) in [4.78, 5) is 27.6. The molecule has 2 rings (SSSR count). The number of hydrogen-bond donors (Lipinski definition) is 0. The average molecular weight is 256 g/mol. The summed E-state index contributed by atoms with van der Waals surface area (Å²) in [5, 5.41) is 11.9. The number of hydrogen-bond acceptors (Lipinski definition) is 5. The minimum Gasteiger partial charge on any atom is -0.275 e. The monoisotopic (exact) mass is 256 g/mol. The molecular formula is C10H12N2O4S. The Bertz CT molecular complexity index is 459. The van der Waals surface area contributed by atoms with E-state index in [0.29, 0.717) is 0 Å². The lowest BCUT2D eigenvalue weighted by atomic mass is 10.2. The van der Waals surface area contributed by atoms with E-state index in [-0.39, 0.29) is 22.7 Å². The third-order valence-electron chi connectivity index (χ3n) is 2.85. The highest BCUT2D eigenvalue weighted by Gasteiger charge is 2.46. The van der Waals surface area contributed by atoms with Crippen molar-refractivity contribution in [2.45, 2.75) is 12.3 Å². The summed E-state index contributed by atoms with van der Waals surface area (Å²) in [6.07, 6.45) is 0.740. The van der Waals surface area contributed by atoms with E-state index in [1.807, 2.05) is 0 Å². The molecule has 1 aliphatic carbocycles. The fourth-order valence-corrected chi connectivity index (χ4v) is 2.75. The largest absolute Gasteiger partial charge is 0.324 e. The van der Waals surface area contributed by atoms with Gasteiger partial charge in [0.05, 0.1) is 12.0 Å². The second-order valence-electron chi connectivity index (χ2n) is 3.90. The predicted octanol–water partition coefficient (Wildman–Crippen LogP) is 1.78. The van der Waals surface area contributed by atoms with Crippen LogP contribution in [-0.2, 0) is 9.63 Å². The number of carbonyl (C=O) groups excluding carboxylic acids is 1. The Morgan fingerprint density at radius 3 is 2.88 bits per heavy atom. The molecule has 0 N–H and O–H groups in total. The zero-order valence-electron chi connectivity index (χ0n) is 9.45. The van der Waals surface area contributed by atoms with E-state index in [1.54, 1.807) is 13.1 Å². The molecule has 1 amide bonds. The van der Waals surface area contributed by atoms with Crippen molar-refractivity contribution >= 4 is 22.2 Å². The Balaban J connectivity index is 2.02. The molecule has 1 heterocycles. The van der Waals surface area contributed by atoms with Crippen LogP contribution in [0.15, 0.2) is 12.1 Å². The van der Waals surface area contributed by atoms with E-state index in [4.69, 9.17) is 4.84 Å². The van der Waals surface area contributed by atoms with Gasteiger partial charge in [0.15, 0.2) is 0 Å². The van der Waals surface area contributed by atoms with E-state index >= 15 is 0 Å². The molecule has 6 nitrogen and oxygen atoms in total. The lowest BCUT2D eigenvalue weighted by molar-refractivity contribution is -0.380. The van der Waals surface area contributed by atoms with Crippen LogP contribution in [0.4, 0.5) is 5.00 Å². The maximum absolute atomic E-state index is 11.7. The normalized spacial score (nSPS) is 22.2. The van der Waals surface area contributed by atoms with Crippen molar-refractivity contribution < 1.29 is 14.6 Å². The number of amides is 1. The highest BCUT2D eigenvalue weighted by Crippen LogP contribution is 2.51. The SMILES string of the molecule is CON(C)C(=O)C1CC1c1ccc([N+](=O)[O-])s1. The van der Waals surface area contributed by atoms with Gasteiger partial charge in [0, 0.05) is 29.8 Å². The van der Waals surface area contributed by atoms with Gasteiger partial charge >= 0.3 is 5.00 Å². The fraction of sp³-hybridized carbons (Fsp3) is 0.500. The molecule has 1 aromatic heterocycles. The fourth-order valence-electron chi connectivity index (χ4n) is 1.75. The van der Waals surface area contributed by atoms with Crippen molar-refractivity contribution in [2.75, 3.05) is 14.2 Å². The van der Waals surface area contributed by atoms with Crippen LogP contribution in [-0.4, -0.2) is 30.1 Å². The van der Waals surface area contributed by atoms with Crippen LogP contribution in [0, 0.1) is 16.0 Å². The van der Waals surface area contributed by atoms with Gasteiger partial charge in [-0.05, 0) is 12.5 Å². The summed E-state index contributed by atoms with van der Waals surface area (Å²) in [5.41, 5.74) is 0. The average Bonchev–Trinajstić information content (AvgIpc) is 2.95. The van der Waals surface area contributed by atoms with Crippen LogP contribution in [0.5, 0.6) is 0 Å². The minimum absolute atomic E-state index is 0.0754. The summed E-state index contributed by atoms with van der Waals surface area (Å²) in [6.45, 7) is 0. The molecule has 2 atom stereocenters. The zero-order valence-corrected chi connectivity index (χ0v) is 10.3. The highest BCUT2D eigenvalue weighted by molar-refractivity contribution is 7.15. The molecule has 1 saturated carbocycles. The molecule has 1 fully saturated rings. The molecule has 17 heavy (non-hydrogen) atoms. The number of thiophene rings is 1. The Morgan fingerprint density at radius 1 is 1.65 bits per heavy atom. The van der Waals surface area contributed by atoms with Crippen LogP contribution in [0.1, 0.15) is 17.2 Å². The Hall–Kier alpha value is -1.47. The zero-order chi connectivity index (χ0) is 12.6. The molecule has 0 aliphatic heterocycles. The maximum Gasteiger partial charge on any atom is 0.324 e. The van der Waals surface area contributed by atoms with Gasteiger partial charge in [-0.25, -0.2) is 5.06 Å². The lowest BCUT2D eigenvalue weighted by Crippen LogP contribution is -2.27. The second kappa shape index (κ2) is 4.42. The van der Waals surface area contributed by atoms with Gasteiger partial charge in [0.1, 0.15) is 0 Å². The van der Waals surface area contributed by atoms with Gasteiger partial charge in [-0.1, -0.05) is 11.3 Å². The Morgan fingerprint density at radius 2 is 2.35 bits per heavy atom. The summed E-state index contributed by atoms with van der Waals surface area (Å²) < 4.78 is 0. The number of nitro groups is 1. The van der Waals surface area contributed by atoms with Gasteiger partial charge in [-0.15, -0.1) is 0 Å². The van der Waals surface area contributed by atoms with E-state index in [0.717, 1.165) is 22.6 Å². The highest BCUT2D eigenvalue weighted by atomic mass is 32.1. The number of hydroxylamine groups is 2. The molecule has 0 bridgehead atoms. The first-order valence-corrected chi connectivity index (χ1v) is 5.92. The van der Waals surface area contributed by atoms with Crippen LogP contribution >= 0.6 is 11.3 Å². The predicted molar refractivity (Wildman–Crippen MR) is 61.6 cm³/mol. The summed E-state index contributed by atoms with van der Waals surface area (Å²) in [6, 6.07) is 3.22. The van der Waals surface area contributed by atoms with E-state index < -0.39 is 4.92 Å². The number of rotatable bonds is 4. The van der Waals surface area contributed by atoms with Crippen molar-refractivity contribution in [2.24, 2.45) is 5.92 Å². The minimum atomic E-state index is -0.408. The summed E-state index contributed by atoms with van der Waals surface area (Å²) in [5.74, 6) is -0.0643.